The summed E-state index contributed by atoms with van der Waals surface area (Å²) in [6.07, 6.45) is 4.83. The Labute approximate surface area is 130 Å². The van der Waals surface area contributed by atoms with E-state index in [4.69, 9.17) is 0 Å². The molecule has 0 saturated heterocycles. The van der Waals surface area contributed by atoms with Gasteiger partial charge in [-0.2, -0.15) is 5.10 Å². The number of amides is 1. The van der Waals surface area contributed by atoms with Crippen molar-refractivity contribution in [2.24, 2.45) is 13.0 Å². The number of halogens is 1. The summed E-state index contributed by atoms with van der Waals surface area (Å²) >= 11 is 5.12. The van der Waals surface area contributed by atoms with Crippen molar-refractivity contribution in [3.63, 3.8) is 0 Å². The van der Waals surface area contributed by atoms with Crippen molar-refractivity contribution in [3.05, 3.63) is 38.8 Å². The molecule has 2 aromatic heterocycles. The van der Waals surface area contributed by atoms with Crippen LogP contribution in [-0.4, -0.2) is 27.6 Å². The van der Waals surface area contributed by atoms with Gasteiger partial charge >= 0.3 is 0 Å². The lowest BCUT2D eigenvalue weighted by Gasteiger charge is -2.16. The highest BCUT2D eigenvalue weighted by molar-refractivity contribution is 9.11. The maximum absolute atomic E-state index is 12.4. The number of nitrogens with zero attached hydrogens (tertiary/aromatic N) is 3. The minimum atomic E-state index is 0.132. The second-order valence-electron chi connectivity index (χ2n) is 5.30. The van der Waals surface area contributed by atoms with Gasteiger partial charge in [-0.05, 0) is 46.0 Å². The van der Waals surface area contributed by atoms with Gasteiger partial charge in [-0.15, -0.1) is 11.3 Å². The van der Waals surface area contributed by atoms with Crippen molar-refractivity contribution >= 4 is 33.2 Å². The first-order chi connectivity index (χ1) is 9.54. The van der Waals surface area contributed by atoms with E-state index < -0.39 is 0 Å². The SMILES string of the molecule is CN(Cc1ccc(Br)s1)C(=O)C1CC1c1cnn(C)c1. The topological polar surface area (TPSA) is 38.1 Å². The molecule has 1 saturated carbocycles. The van der Waals surface area contributed by atoms with E-state index in [1.807, 2.05) is 37.5 Å². The Balaban J connectivity index is 1.60. The van der Waals surface area contributed by atoms with E-state index in [-0.39, 0.29) is 11.8 Å². The predicted octanol–water partition coefficient (Wildman–Crippen LogP) is 3.01. The molecule has 0 bridgehead atoms. The highest BCUT2D eigenvalue weighted by Crippen LogP contribution is 2.48. The largest absolute Gasteiger partial charge is 0.340 e. The Morgan fingerprint density at radius 1 is 1.60 bits per heavy atom. The summed E-state index contributed by atoms with van der Waals surface area (Å²) in [7, 11) is 3.79. The standard InChI is InChI=1S/C14H16BrN3OS/c1-17(8-10-3-4-13(15)20-10)14(19)12-5-11(12)9-6-16-18(2)7-9/h3-4,6-7,11-12H,5,8H2,1-2H3. The van der Waals surface area contributed by atoms with Gasteiger partial charge in [0.25, 0.3) is 0 Å². The fourth-order valence-corrected chi connectivity index (χ4v) is 4.04. The molecule has 20 heavy (non-hydrogen) atoms. The zero-order chi connectivity index (χ0) is 14.3. The molecule has 6 heteroatoms. The van der Waals surface area contributed by atoms with Crippen molar-refractivity contribution in [1.82, 2.24) is 14.7 Å². The third-order valence-corrected chi connectivity index (χ3v) is 5.27. The van der Waals surface area contributed by atoms with Crippen molar-refractivity contribution in [1.29, 1.82) is 0 Å². The summed E-state index contributed by atoms with van der Waals surface area (Å²) < 4.78 is 2.90. The van der Waals surface area contributed by atoms with Crippen molar-refractivity contribution in [2.45, 2.75) is 18.9 Å². The highest BCUT2D eigenvalue weighted by atomic mass is 79.9. The molecule has 0 N–H and O–H groups in total. The Kier molecular flexibility index (Phi) is 3.69. The van der Waals surface area contributed by atoms with E-state index in [0.29, 0.717) is 12.5 Å². The molecule has 2 aromatic rings. The van der Waals surface area contributed by atoms with Gasteiger partial charge < -0.3 is 4.90 Å². The lowest BCUT2D eigenvalue weighted by Crippen LogP contribution is -2.27. The van der Waals surface area contributed by atoms with Crippen molar-refractivity contribution in [2.75, 3.05) is 7.05 Å². The molecule has 1 fully saturated rings. The van der Waals surface area contributed by atoms with E-state index >= 15 is 0 Å². The van der Waals surface area contributed by atoms with Crippen LogP contribution in [0.3, 0.4) is 0 Å². The van der Waals surface area contributed by atoms with Gasteiger partial charge in [-0.3, -0.25) is 9.48 Å². The van der Waals surface area contributed by atoms with Crippen molar-refractivity contribution in [3.8, 4) is 0 Å². The minimum absolute atomic E-state index is 0.132. The van der Waals surface area contributed by atoms with Crippen LogP contribution in [0.25, 0.3) is 0 Å². The number of rotatable bonds is 4. The summed E-state index contributed by atoms with van der Waals surface area (Å²) in [4.78, 5) is 15.4. The van der Waals surface area contributed by atoms with Gasteiger partial charge in [0.05, 0.1) is 16.5 Å². The molecule has 1 aliphatic rings. The van der Waals surface area contributed by atoms with E-state index in [2.05, 4.69) is 27.1 Å². The van der Waals surface area contributed by atoms with Crippen LogP contribution in [0.5, 0.6) is 0 Å². The van der Waals surface area contributed by atoms with Crippen LogP contribution >= 0.6 is 27.3 Å². The third-order valence-electron chi connectivity index (χ3n) is 3.66. The summed E-state index contributed by atoms with van der Waals surface area (Å²) in [6.45, 7) is 0.686. The van der Waals surface area contributed by atoms with Crippen LogP contribution in [0.15, 0.2) is 28.3 Å². The maximum atomic E-state index is 12.4. The number of aryl methyl sites for hydroxylation is 1. The Morgan fingerprint density at radius 3 is 3.00 bits per heavy atom. The molecule has 2 unspecified atom stereocenters. The molecule has 2 heterocycles. The van der Waals surface area contributed by atoms with E-state index in [0.717, 1.165) is 10.2 Å². The first-order valence-corrected chi connectivity index (χ1v) is 8.13. The fraction of sp³-hybridized carbons (Fsp3) is 0.429. The molecule has 0 aliphatic heterocycles. The highest BCUT2D eigenvalue weighted by Gasteiger charge is 2.45. The van der Waals surface area contributed by atoms with Gasteiger partial charge in [0, 0.05) is 31.1 Å². The Morgan fingerprint density at radius 2 is 2.40 bits per heavy atom. The first-order valence-electron chi connectivity index (χ1n) is 6.52. The molecule has 3 rings (SSSR count). The van der Waals surface area contributed by atoms with Crippen LogP contribution in [0, 0.1) is 5.92 Å². The quantitative estimate of drug-likeness (QED) is 0.847. The summed E-state index contributed by atoms with van der Waals surface area (Å²) in [5.74, 6) is 0.727. The number of thiophene rings is 1. The Bertz CT molecular complexity index is 632. The zero-order valence-electron chi connectivity index (χ0n) is 11.4. The molecule has 106 valence electrons. The lowest BCUT2D eigenvalue weighted by molar-refractivity contribution is -0.131. The van der Waals surface area contributed by atoms with Gasteiger partial charge in [0.15, 0.2) is 0 Å². The molecule has 0 spiro atoms. The first kappa shape index (κ1) is 13.8. The smallest absolute Gasteiger partial charge is 0.226 e. The average Bonchev–Trinajstić information content (AvgIpc) is 2.93. The van der Waals surface area contributed by atoms with Crippen LogP contribution < -0.4 is 0 Å². The summed E-state index contributed by atoms with van der Waals surface area (Å²) in [5.41, 5.74) is 1.18. The molecule has 1 amide bonds. The van der Waals surface area contributed by atoms with E-state index in [1.54, 1.807) is 16.0 Å². The fourth-order valence-electron chi connectivity index (χ4n) is 2.50. The monoisotopic (exact) mass is 353 g/mol. The molecular formula is C14H16BrN3OS. The van der Waals surface area contributed by atoms with Gasteiger partial charge in [-0.25, -0.2) is 0 Å². The molecule has 0 radical (unpaired) electrons. The molecule has 0 aromatic carbocycles. The maximum Gasteiger partial charge on any atom is 0.226 e. The summed E-state index contributed by atoms with van der Waals surface area (Å²) in [5, 5.41) is 4.18. The van der Waals surface area contributed by atoms with Crippen LogP contribution in [0.1, 0.15) is 22.8 Å². The number of carbonyl (C=O) groups excluding carboxylic acids is 1. The van der Waals surface area contributed by atoms with Crippen LogP contribution in [0.4, 0.5) is 0 Å². The van der Waals surface area contributed by atoms with Gasteiger partial charge in [0.1, 0.15) is 0 Å². The second kappa shape index (κ2) is 5.33. The third kappa shape index (κ3) is 2.81. The molecule has 1 aliphatic carbocycles. The second-order valence-corrected chi connectivity index (χ2v) is 7.84. The van der Waals surface area contributed by atoms with Gasteiger partial charge in [-0.1, -0.05) is 0 Å². The van der Waals surface area contributed by atoms with Crippen LogP contribution in [0.2, 0.25) is 0 Å². The van der Waals surface area contributed by atoms with E-state index in [9.17, 15) is 4.79 Å². The lowest BCUT2D eigenvalue weighted by atomic mass is 10.2. The zero-order valence-corrected chi connectivity index (χ0v) is 13.8. The minimum Gasteiger partial charge on any atom is -0.340 e. The predicted molar refractivity (Wildman–Crippen MR) is 82.5 cm³/mol. The average molecular weight is 354 g/mol. The number of hydrogen-bond acceptors (Lipinski definition) is 3. The molecule has 4 nitrogen and oxygen atoms in total. The Hall–Kier alpha value is -1.14. The van der Waals surface area contributed by atoms with E-state index in [1.165, 1.54) is 10.4 Å². The molecular weight excluding hydrogens is 338 g/mol. The van der Waals surface area contributed by atoms with Crippen LogP contribution in [-0.2, 0) is 18.4 Å². The number of carbonyl (C=O) groups is 1. The normalized spacial score (nSPS) is 20.9. The van der Waals surface area contributed by atoms with Gasteiger partial charge in [0.2, 0.25) is 5.91 Å². The molecule has 2 atom stereocenters. The number of aromatic nitrogens is 2. The number of hydrogen-bond donors (Lipinski definition) is 0. The van der Waals surface area contributed by atoms with Crippen molar-refractivity contribution < 1.29 is 4.79 Å². The summed E-state index contributed by atoms with van der Waals surface area (Å²) in [6, 6.07) is 4.08.